The van der Waals surface area contributed by atoms with Crippen LogP contribution in [0.3, 0.4) is 0 Å². The van der Waals surface area contributed by atoms with E-state index >= 15 is 0 Å². The molecule has 1 N–H and O–H groups in total. The summed E-state index contributed by atoms with van der Waals surface area (Å²) in [5, 5.41) is 13.9. The minimum Gasteiger partial charge on any atom is -0.319 e. The Morgan fingerprint density at radius 3 is 2.58 bits per heavy atom. The van der Waals surface area contributed by atoms with Crippen LogP contribution in [0.25, 0.3) is 0 Å². The summed E-state index contributed by atoms with van der Waals surface area (Å²) in [4.78, 5) is 23.0. The van der Waals surface area contributed by atoms with E-state index in [1.54, 1.807) is 0 Å². The van der Waals surface area contributed by atoms with Gasteiger partial charge in [-0.25, -0.2) is 0 Å². The van der Waals surface area contributed by atoms with Gasteiger partial charge in [0.05, 0.1) is 10.3 Å². The number of fused-ring (bicyclic) bond motifs is 2. The number of anilines is 1. The number of nitrogens with one attached hydrogen (secondary N) is 1. The number of rotatable bonds is 1. The largest absolute Gasteiger partial charge is 0.319 e. The van der Waals surface area contributed by atoms with Gasteiger partial charge in [-0.1, -0.05) is 35.2 Å². The van der Waals surface area contributed by atoms with Gasteiger partial charge in [0.15, 0.2) is 0 Å². The Hall–Kier alpha value is -1.43. The van der Waals surface area contributed by atoms with Gasteiger partial charge in [-0.3, -0.25) is 14.9 Å². The van der Waals surface area contributed by atoms with Crippen molar-refractivity contribution in [1.29, 1.82) is 0 Å². The molecule has 3 rings (SSSR count). The third-order valence-corrected chi connectivity index (χ3v) is 4.63. The molecule has 0 saturated heterocycles. The van der Waals surface area contributed by atoms with Gasteiger partial charge in [0, 0.05) is 10.5 Å². The zero-order valence-corrected chi connectivity index (χ0v) is 11.8. The molecule has 1 heterocycles. The predicted molar refractivity (Wildman–Crippen MR) is 74.2 cm³/mol. The van der Waals surface area contributed by atoms with E-state index in [1.165, 1.54) is 6.07 Å². The van der Waals surface area contributed by atoms with Crippen LogP contribution in [0.5, 0.6) is 0 Å². The van der Waals surface area contributed by atoms with Gasteiger partial charge in [-0.05, 0) is 24.5 Å². The highest BCUT2D eigenvalue weighted by Crippen LogP contribution is 2.51. The molecule has 0 unspecified atom stereocenters. The number of nitrogens with zero attached hydrogens (tertiary/aromatic N) is 1. The highest BCUT2D eigenvalue weighted by molar-refractivity contribution is 9.10. The van der Waals surface area contributed by atoms with Crippen LogP contribution >= 0.6 is 15.9 Å². The van der Waals surface area contributed by atoms with Crippen molar-refractivity contribution in [3.63, 3.8) is 0 Å². The summed E-state index contributed by atoms with van der Waals surface area (Å²) in [7, 11) is 0. The molecular weight excluding hydrogens is 312 g/mol. The standard InChI is InChI=1S/C13H13BrN2O3/c14-8-6-9-11(10(7-8)16(18)19)15-12(17)13(9)4-2-1-3-5-13/h6-7H,1-5H2,(H,15,17). The fourth-order valence-corrected chi connectivity index (χ4v) is 3.70. The van der Waals surface area contributed by atoms with Crippen LogP contribution in [0.15, 0.2) is 16.6 Å². The predicted octanol–water partition coefficient (Wildman–Crippen LogP) is 3.51. The third-order valence-electron chi connectivity index (χ3n) is 4.17. The second-order valence-electron chi connectivity index (χ2n) is 5.20. The Morgan fingerprint density at radius 2 is 1.95 bits per heavy atom. The molecule has 0 bridgehead atoms. The maximum Gasteiger partial charge on any atom is 0.294 e. The Kier molecular flexibility index (Phi) is 2.85. The monoisotopic (exact) mass is 324 g/mol. The molecule has 5 nitrogen and oxygen atoms in total. The third kappa shape index (κ3) is 1.77. The van der Waals surface area contributed by atoms with E-state index in [-0.39, 0.29) is 11.6 Å². The van der Waals surface area contributed by atoms with Crippen molar-refractivity contribution in [3.05, 3.63) is 32.3 Å². The van der Waals surface area contributed by atoms with E-state index in [4.69, 9.17) is 0 Å². The zero-order chi connectivity index (χ0) is 13.6. The minimum atomic E-state index is -0.553. The molecule has 1 aliphatic heterocycles. The molecule has 19 heavy (non-hydrogen) atoms. The van der Waals surface area contributed by atoms with E-state index < -0.39 is 10.3 Å². The number of carbonyl (C=O) groups excluding carboxylic acids is 1. The van der Waals surface area contributed by atoms with Crippen molar-refractivity contribution in [2.75, 3.05) is 5.32 Å². The Bertz CT molecular complexity index is 579. The van der Waals surface area contributed by atoms with Crippen LogP contribution in [0.2, 0.25) is 0 Å². The Labute approximate surface area is 118 Å². The Morgan fingerprint density at radius 1 is 1.26 bits per heavy atom. The van der Waals surface area contributed by atoms with Crippen LogP contribution in [-0.2, 0) is 10.2 Å². The minimum absolute atomic E-state index is 0.0276. The van der Waals surface area contributed by atoms with Gasteiger partial charge in [-0.2, -0.15) is 0 Å². The smallest absolute Gasteiger partial charge is 0.294 e. The molecule has 1 amide bonds. The summed E-state index contributed by atoms with van der Waals surface area (Å²) in [6.07, 6.45) is 4.67. The van der Waals surface area contributed by atoms with Gasteiger partial charge in [-0.15, -0.1) is 0 Å². The lowest BCUT2D eigenvalue weighted by molar-refractivity contribution is -0.384. The fraction of sp³-hybridized carbons (Fsp3) is 0.462. The first-order valence-corrected chi connectivity index (χ1v) is 7.14. The molecule has 1 saturated carbocycles. The van der Waals surface area contributed by atoms with Gasteiger partial charge in [0.1, 0.15) is 5.69 Å². The van der Waals surface area contributed by atoms with E-state index in [9.17, 15) is 14.9 Å². The van der Waals surface area contributed by atoms with E-state index in [0.29, 0.717) is 10.2 Å². The topological polar surface area (TPSA) is 72.2 Å². The number of amides is 1. The number of benzene rings is 1. The second-order valence-corrected chi connectivity index (χ2v) is 6.12. The number of carbonyl (C=O) groups is 1. The quantitative estimate of drug-likeness (QED) is 0.634. The van der Waals surface area contributed by atoms with Crippen molar-refractivity contribution in [2.24, 2.45) is 0 Å². The lowest BCUT2D eigenvalue weighted by atomic mass is 9.70. The van der Waals surface area contributed by atoms with Crippen molar-refractivity contribution in [2.45, 2.75) is 37.5 Å². The summed E-state index contributed by atoms with van der Waals surface area (Å²) in [5.74, 6) is -0.0802. The normalized spacial score (nSPS) is 20.2. The molecule has 6 heteroatoms. The summed E-state index contributed by atoms with van der Waals surface area (Å²) in [6, 6.07) is 3.30. The van der Waals surface area contributed by atoms with Crippen LogP contribution < -0.4 is 5.32 Å². The molecule has 2 aliphatic rings. The molecule has 1 aromatic carbocycles. The van der Waals surface area contributed by atoms with E-state index in [2.05, 4.69) is 21.2 Å². The molecule has 0 atom stereocenters. The van der Waals surface area contributed by atoms with Gasteiger partial charge < -0.3 is 5.32 Å². The lowest BCUT2D eigenvalue weighted by Gasteiger charge is -2.31. The van der Waals surface area contributed by atoms with Crippen LogP contribution in [-0.4, -0.2) is 10.8 Å². The maximum absolute atomic E-state index is 12.3. The van der Waals surface area contributed by atoms with Crippen LogP contribution in [0.1, 0.15) is 37.7 Å². The number of nitro groups is 1. The lowest BCUT2D eigenvalue weighted by Crippen LogP contribution is -2.36. The molecule has 0 aromatic heterocycles. The maximum atomic E-state index is 12.3. The van der Waals surface area contributed by atoms with Gasteiger partial charge in [0.25, 0.3) is 5.69 Å². The van der Waals surface area contributed by atoms with Crippen molar-refractivity contribution in [1.82, 2.24) is 0 Å². The van der Waals surface area contributed by atoms with Crippen LogP contribution in [0, 0.1) is 10.1 Å². The first-order valence-electron chi connectivity index (χ1n) is 6.34. The molecule has 1 aromatic rings. The second kappa shape index (κ2) is 4.30. The molecule has 1 fully saturated rings. The number of hydrogen-bond acceptors (Lipinski definition) is 3. The van der Waals surface area contributed by atoms with Gasteiger partial charge in [0.2, 0.25) is 5.91 Å². The molecule has 0 radical (unpaired) electrons. The van der Waals surface area contributed by atoms with E-state index in [0.717, 1.165) is 37.7 Å². The van der Waals surface area contributed by atoms with Crippen molar-refractivity contribution >= 4 is 33.2 Å². The van der Waals surface area contributed by atoms with Crippen LogP contribution in [0.4, 0.5) is 11.4 Å². The molecule has 1 aliphatic carbocycles. The highest BCUT2D eigenvalue weighted by atomic mass is 79.9. The molecule has 1 spiro atoms. The van der Waals surface area contributed by atoms with Crippen molar-refractivity contribution in [3.8, 4) is 0 Å². The average molecular weight is 325 g/mol. The summed E-state index contributed by atoms with van der Waals surface area (Å²) < 4.78 is 0.652. The van der Waals surface area contributed by atoms with Crippen molar-refractivity contribution < 1.29 is 9.72 Å². The first kappa shape index (κ1) is 12.6. The molecule has 100 valence electrons. The first-order chi connectivity index (χ1) is 9.04. The van der Waals surface area contributed by atoms with E-state index in [1.807, 2.05) is 6.07 Å². The number of halogens is 1. The summed E-state index contributed by atoms with van der Waals surface area (Å²) in [6.45, 7) is 0. The average Bonchev–Trinajstić information content (AvgIpc) is 2.64. The van der Waals surface area contributed by atoms with Gasteiger partial charge >= 0.3 is 0 Å². The summed E-state index contributed by atoms with van der Waals surface area (Å²) >= 11 is 3.31. The fourth-order valence-electron chi connectivity index (χ4n) is 3.25. The summed E-state index contributed by atoms with van der Waals surface area (Å²) in [5.41, 5.74) is 0.598. The number of hydrogen-bond donors (Lipinski definition) is 1. The Balaban J connectivity index is 2.21. The molecular formula is C13H13BrN2O3. The zero-order valence-electron chi connectivity index (χ0n) is 10.2. The SMILES string of the molecule is O=C1Nc2c([N+](=O)[O-])cc(Br)cc2C12CCCCC2. The number of nitro benzene ring substituents is 1. The highest BCUT2D eigenvalue weighted by Gasteiger charge is 2.49.